The van der Waals surface area contributed by atoms with Crippen LogP contribution in [0.3, 0.4) is 0 Å². The number of hydrogen-bond acceptors (Lipinski definition) is 4. The van der Waals surface area contributed by atoms with Crippen molar-refractivity contribution in [2.45, 2.75) is 38.7 Å². The molecule has 25 heavy (non-hydrogen) atoms. The fourth-order valence-electron chi connectivity index (χ4n) is 2.96. The van der Waals surface area contributed by atoms with Crippen molar-refractivity contribution < 1.29 is 27.8 Å². The van der Waals surface area contributed by atoms with Gasteiger partial charge in [-0.05, 0) is 44.9 Å². The van der Waals surface area contributed by atoms with Crippen molar-refractivity contribution in [1.82, 2.24) is 4.90 Å². The smallest absolute Gasteiger partial charge is 0.410 e. The SMILES string of the molecule is COC(=O)[C@H]1CCN(C(=O)OC(C)(C)C)C[C@@H]1c1ccc(F)c(F)c1. The first kappa shape index (κ1) is 19.1. The van der Waals surface area contributed by atoms with Crippen molar-refractivity contribution in [2.24, 2.45) is 5.92 Å². The molecule has 7 heteroatoms. The Bertz CT molecular complexity index is 657. The lowest BCUT2D eigenvalue weighted by Crippen LogP contribution is -2.46. The molecular formula is C18H23F2NO4. The van der Waals surface area contributed by atoms with Crippen molar-refractivity contribution >= 4 is 12.1 Å². The number of amides is 1. The van der Waals surface area contributed by atoms with Gasteiger partial charge < -0.3 is 14.4 Å². The summed E-state index contributed by atoms with van der Waals surface area (Å²) in [6.07, 6.45) is -0.140. The summed E-state index contributed by atoms with van der Waals surface area (Å²) in [5, 5.41) is 0. The second-order valence-corrected chi connectivity index (χ2v) is 7.12. The van der Waals surface area contributed by atoms with E-state index in [1.165, 1.54) is 18.1 Å². The summed E-state index contributed by atoms with van der Waals surface area (Å²) in [6, 6.07) is 3.51. The molecule has 1 aliphatic heterocycles. The zero-order chi connectivity index (χ0) is 18.8. The lowest BCUT2D eigenvalue weighted by atomic mass is 9.80. The van der Waals surface area contributed by atoms with Gasteiger partial charge in [0.25, 0.3) is 0 Å². The van der Waals surface area contributed by atoms with Crippen molar-refractivity contribution in [3.8, 4) is 0 Å². The van der Waals surface area contributed by atoms with Gasteiger partial charge in [0.05, 0.1) is 13.0 Å². The summed E-state index contributed by atoms with van der Waals surface area (Å²) in [4.78, 5) is 25.9. The number of hydrogen-bond donors (Lipinski definition) is 0. The molecule has 1 aliphatic rings. The number of esters is 1. The maximum atomic E-state index is 13.6. The zero-order valence-electron chi connectivity index (χ0n) is 14.8. The first-order valence-electron chi connectivity index (χ1n) is 8.13. The number of rotatable bonds is 2. The van der Waals surface area contributed by atoms with E-state index in [-0.39, 0.29) is 6.54 Å². The number of carbonyl (C=O) groups excluding carboxylic acids is 2. The van der Waals surface area contributed by atoms with Gasteiger partial charge >= 0.3 is 12.1 Å². The Morgan fingerprint density at radius 3 is 2.44 bits per heavy atom. The average Bonchev–Trinajstić information content (AvgIpc) is 2.54. The van der Waals surface area contributed by atoms with E-state index < -0.39 is 41.1 Å². The van der Waals surface area contributed by atoms with Gasteiger partial charge in [-0.1, -0.05) is 6.07 Å². The summed E-state index contributed by atoms with van der Waals surface area (Å²) in [6.45, 7) is 5.78. The third kappa shape index (κ3) is 4.67. The van der Waals surface area contributed by atoms with Crippen LogP contribution in [0.25, 0.3) is 0 Å². The van der Waals surface area contributed by atoms with Crippen LogP contribution in [-0.2, 0) is 14.3 Å². The van der Waals surface area contributed by atoms with Crippen LogP contribution < -0.4 is 0 Å². The first-order valence-corrected chi connectivity index (χ1v) is 8.13. The molecule has 2 atom stereocenters. The van der Waals surface area contributed by atoms with Gasteiger partial charge in [0.1, 0.15) is 5.60 Å². The third-order valence-corrected chi connectivity index (χ3v) is 4.14. The van der Waals surface area contributed by atoms with E-state index in [0.717, 1.165) is 12.1 Å². The highest BCUT2D eigenvalue weighted by Crippen LogP contribution is 2.34. The highest BCUT2D eigenvalue weighted by Gasteiger charge is 2.38. The second kappa shape index (κ2) is 7.37. The molecule has 0 unspecified atom stereocenters. The van der Waals surface area contributed by atoms with Gasteiger partial charge in [0.15, 0.2) is 11.6 Å². The van der Waals surface area contributed by atoms with Gasteiger partial charge in [-0.3, -0.25) is 4.79 Å². The third-order valence-electron chi connectivity index (χ3n) is 4.14. The van der Waals surface area contributed by atoms with Crippen LogP contribution in [0.5, 0.6) is 0 Å². The number of benzene rings is 1. The van der Waals surface area contributed by atoms with Crippen LogP contribution in [0, 0.1) is 17.6 Å². The van der Waals surface area contributed by atoms with Crippen molar-refractivity contribution in [2.75, 3.05) is 20.2 Å². The summed E-state index contributed by atoms with van der Waals surface area (Å²) < 4.78 is 37.0. The molecule has 2 rings (SSSR count). The van der Waals surface area contributed by atoms with Crippen LogP contribution in [0.4, 0.5) is 13.6 Å². The Kier molecular flexibility index (Phi) is 5.65. The second-order valence-electron chi connectivity index (χ2n) is 7.12. The van der Waals surface area contributed by atoms with E-state index in [4.69, 9.17) is 9.47 Å². The molecule has 1 amide bonds. The van der Waals surface area contributed by atoms with Crippen molar-refractivity contribution in [1.29, 1.82) is 0 Å². The molecule has 0 aromatic heterocycles. The average molecular weight is 355 g/mol. The minimum atomic E-state index is -0.990. The Hall–Kier alpha value is -2.18. The van der Waals surface area contributed by atoms with Crippen LogP contribution in [0.1, 0.15) is 38.7 Å². The fraction of sp³-hybridized carbons (Fsp3) is 0.556. The van der Waals surface area contributed by atoms with Crippen LogP contribution >= 0.6 is 0 Å². The van der Waals surface area contributed by atoms with Crippen LogP contribution in [0.15, 0.2) is 18.2 Å². The molecular weight excluding hydrogens is 332 g/mol. The summed E-state index contributed by atoms with van der Waals surface area (Å²) in [7, 11) is 1.28. The largest absolute Gasteiger partial charge is 0.469 e. The van der Waals surface area contributed by atoms with Crippen molar-refractivity contribution in [3.05, 3.63) is 35.4 Å². The van der Waals surface area contributed by atoms with Crippen LogP contribution in [-0.4, -0.2) is 42.8 Å². The number of ether oxygens (including phenoxy) is 2. The molecule has 0 aliphatic carbocycles. The van der Waals surface area contributed by atoms with E-state index in [1.54, 1.807) is 20.8 Å². The Balaban J connectivity index is 2.27. The molecule has 0 bridgehead atoms. The van der Waals surface area contributed by atoms with Gasteiger partial charge in [-0.2, -0.15) is 0 Å². The van der Waals surface area contributed by atoms with E-state index in [0.29, 0.717) is 18.5 Å². The van der Waals surface area contributed by atoms with E-state index >= 15 is 0 Å². The molecule has 138 valence electrons. The standard InChI is InChI=1S/C18H23F2NO4/c1-18(2,3)25-17(23)21-8-7-12(16(22)24-4)13(10-21)11-5-6-14(19)15(20)9-11/h5-6,9,12-13H,7-8,10H2,1-4H3/t12-,13+/m0/s1. The molecule has 1 fully saturated rings. The number of halogens is 2. The number of likely N-dealkylation sites (tertiary alicyclic amines) is 1. The molecule has 0 radical (unpaired) electrons. The van der Waals surface area contributed by atoms with Gasteiger partial charge in [0, 0.05) is 19.0 Å². The molecule has 1 aromatic rings. The van der Waals surface area contributed by atoms with Crippen molar-refractivity contribution in [3.63, 3.8) is 0 Å². The van der Waals surface area contributed by atoms with E-state index in [9.17, 15) is 18.4 Å². The minimum absolute atomic E-state index is 0.166. The molecule has 1 heterocycles. The highest BCUT2D eigenvalue weighted by molar-refractivity contribution is 5.75. The first-order chi connectivity index (χ1) is 11.6. The lowest BCUT2D eigenvalue weighted by Gasteiger charge is -2.38. The number of nitrogens with zero attached hydrogens (tertiary/aromatic N) is 1. The molecule has 0 N–H and O–H groups in total. The van der Waals surface area contributed by atoms with E-state index in [2.05, 4.69) is 0 Å². The van der Waals surface area contributed by atoms with E-state index in [1.807, 2.05) is 0 Å². The quantitative estimate of drug-likeness (QED) is 0.762. The zero-order valence-corrected chi connectivity index (χ0v) is 14.8. The summed E-state index contributed by atoms with van der Waals surface area (Å²) in [5.41, 5.74) is -0.198. The number of methoxy groups -OCH3 is 1. The van der Waals surface area contributed by atoms with Gasteiger partial charge in [0.2, 0.25) is 0 Å². The Labute approximate surface area is 145 Å². The summed E-state index contributed by atoms with van der Waals surface area (Å²) >= 11 is 0. The summed E-state index contributed by atoms with van der Waals surface area (Å²) in [5.74, 6) is -3.41. The normalized spacial score (nSPS) is 21.0. The Morgan fingerprint density at radius 1 is 1.20 bits per heavy atom. The molecule has 0 saturated carbocycles. The molecule has 1 aromatic carbocycles. The Morgan fingerprint density at radius 2 is 1.88 bits per heavy atom. The minimum Gasteiger partial charge on any atom is -0.469 e. The predicted octanol–water partition coefficient (Wildman–Crippen LogP) is 3.48. The lowest BCUT2D eigenvalue weighted by molar-refractivity contribution is -0.147. The fourth-order valence-corrected chi connectivity index (χ4v) is 2.96. The van der Waals surface area contributed by atoms with Gasteiger partial charge in [-0.25, -0.2) is 13.6 Å². The highest BCUT2D eigenvalue weighted by atomic mass is 19.2. The van der Waals surface area contributed by atoms with Gasteiger partial charge in [-0.15, -0.1) is 0 Å². The molecule has 0 spiro atoms. The van der Waals surface area contributed by atoms with Crippen LogP contribution in [0.2, 0.25) is 0 Å². The monoisotopic (exact) mass is 355 g/mol. The topological polar surface area (TPSA) is 55.8 Å². The maximum Gasteiger partial charge on any atom is 0.410 e. The predicted molar refractivity (Wildman–Crippen MR) is 87.0 cm³/mol. The molecule has 5 nitrogen and oxygen atoms in total. The number of piperidine rings is 1. The molecule has 1 saturated heterocycles. The maximum absolute atomic E-state index is 13.6. The number of carbonyl (C=O) groups is 2.